The Morgan fingerprint density at radius 1 is 1.23 bits per heavy atom. The molecule has 2 aromatic rings. The monoisotopic (exact) mass is 542 g/mol. The Labute approximate surface area is 199 Å². The molecule has 3 rings (SSSR count). The highest BCUT2D eigenvalue weighted by Gasteiger charge is 2.17. The van der Waals surface area contributed by atoms with Crippen molar-refractivity contribution in [3.63, 3.8) is 0 Å². The third-order valence-electron chi connectivity index (χ3n) is 4.82. The lowest BCUT2D eigenvalue weighted by molar-refractivity contribution is 0.222. The lowest BCUT2D eigenvalue weighted by Gasteiger charge is -2.16. The van der Waals surface area contributed by atoms with Crippen molar-refractivity contribution in [2.45, 2.75) is 46.7 Å². The van der Waals surface area contributed by atoms with Gasteiger partial charge in [-0.15, -0.1) is 35.3 Å². The van der Waals surface area contributed by atoms with Crippen LogP contribution in [-0.2, 0) is 13.1 Å². The van der Waals surface area contributed by atoms with E-state index in [0.29, 0.717) is 13.1 Å². The highest BCUT2D eigenvalue weighted by atomic mass is 127. The van der Waals surface area contributed by atoms with Crippen LogP contribution < -0.4 is 16.0 Å². The van der Waals surface area contributed by atoms with Crippen molar-refractivity contribution in [1.82, 2.24) is 20.5 Å². The third-order valence-corrected chi connectivity index (χ3v) is 5.89. The van der Waals surface area contributed by atoms with Crippen LogP contribution >= 0.6 is 35.3 Å². The molecule has 1 aromatic carbocycles. The van der Waals surface area contributed by atoms with Gasteiger partial charge in [0.25, 0.3) is 0 Å². The van der Waals surface area contributed by atoms with Crippen LogP contribution in [0.2, 0.25) is 0 Å². The summed E-state index contributed by atoms with van der Waals surface area (Å²) in [5.74, 6) is 0.754. The Balaban J connectivity index is 0.00000320. The number of hydrogen-bond acceptors (Lipinski definition) is 4. The first-order valence-electron chi connectivity index (χ1n) is 10.1. The Morgan fingerprint density at radius 3 is 2.67 bits per heavy atom. The molecule has 1 aliphatic heterocycles. The molecule has 2 heterocycles. The van der Waals surface area contributed by atoms with E-state index in [1.807, 2.05) is 43.0 Å². The zero-order valence-corrected chi connectivity index (χ0v) is 21.0. The number of carbonyl (C=O) groups excluding carboxylic acids is 1. The van der Waals surface area contributed by atoms with E-state index in [0.717, 1.165) is 60.4 Å². The molecule has 0 aliphatic carbocycles. The first-order valence-corrected chi connectivity index (χ1v) is 11.0. The number of aryl methyl sites for hydroxylation is 2. The molecule has 0 unspecified atom stereocenters. The number of thiazole rings is 1. The Bertz CT molecular complexity index is 843. The molecule has 164 valence electrons. The number of urea groups is 1. The summed E-state index contributed by atoms with van der Waals surface area (Å²) in [5.41, 5.74) is 2.94. The summed E-state index contributed by atoms with van der Waals surface area (Å²) in [7, 11) is 0. The molecule has 30 heavy (non-hydrogen) atoms. The summed E-state index contributed by atoms with van der Waals surface area (Å²) in [4.78, 5) is 24.6. The summed E-state index contributed by atoms with van der Waals surface area (Å²) >= 11 is 1.71. The lowest BCUT2D eigenvalue weighted by atomic mass is 10.2. The fraction of sp³-hybridized carbons (Fsp3) is 0.476. The van der Waals surface area contributed by atoms with Gasteiger partial charge in [0, 0.05) is 30.2 Å². The van der Waals surface area contributed by atoms with Crippen molar-refractivity contribution in [3.05, 3.63) is 45.4 Å². The summed E-state index contributed by atoms with van der Waals surface area (Å²) in [6, 6.07) is 7.84. The number of anilines is 1. The van der Waals surface area contributed by atoms with E-state index in [2.05, 4.69) is 32.9 Å². The second-order valence-electron chi connectivity index (χ2n) is 7.12. The van der Waals surface area contributed by atoms with E-state index in [1.165, 1.54) is 4.88 Å². The summed E-state index contributed by atoms with van der Waals surface area (Å²) in [6.45, 7) is 9.81. The molecule has 1 saturated heterocycles. The van der Waals surface area contributed by atoms with Crippen LogP contribution in [-0.4, -0.2) is 41.5 Å². The fourth-order valence-electron chi connectivity index (χ4n) is 3.16. The molecule has 1 fully saturated rings. The molecule has 9 heteroatoms. The van der Waals surface area contributed by atoms with Crippen LogP contribution in [0.4, 0.5) is 10.5 Å². The average Bonchev–Trinajstić information content (AvgIpc) is 3.35. The standard InChI is InChI=1S/C21H30N6OS.HI/c1-4-22-20(24-14-19-25-15(2)16(3)29-19)23-13-17-8-7-9-18(12-17)26-21(28)27-10-5-6-11-27;/h7-9,12H,4-6,10-11,13-14H2,1-3H3,(H,26,28)(H2,22,23,24);1H. The fourth-order valence-corrected chi connectivity index (χ4v) is 4.03. The maximum absolute atomic E-state index is 12.3. The molecule has 0 saturated carbocycles. The molecule has 0 radical (unpaired) electrons. The maximum atomic E-state index is 12.3. The van der Waals surface area contributed by atoms with E-state index >= 15 is 0 Å². The quantitative estimate of drug-likeness (QED) is 0.290. The molecule has 1 aromatic heterocycles. The highest BCUT2D eigenvalue weighted by molar-refractivity contribution is 14.0. The molecule has 0 spiro atoms. The third kappa shape index (κ3) is 7.12. The zero-order valence-electron chi connectivity index (χ0n) is 17.8. The van der Waals surface area contributed by atoms with Crippen LogP contribution in [0.3, 0.4) is 0 Å². The number of nitrogens with zero attached hydrogens (tertiary/aromatic N) is 3. The van der Waals surface area contributed by atoms with Gasteiger partial charge in [-0.25, -0.2) is 14.8 Å². The summed E-state index contributed by atoms with van der Waals surface area (Å²) < 4.78 is 0. The van der Waals surface area contributed by atoms with Gasteiger partial charge in [0.05, 0.1) is 18.8 Å². The maximum Gasteiger partial charge on any atom is 0.321 e. The predicted octanol–water partition coefficient (Wildman–Crippen LogP) is 4.26. The number of benzene rings is 1. The molecule has 2 amide bonds. The van der Waals surface area contributed by atoms with Crippen LogP contribution in [0.25, 0.3) is 0 Å². The number of aromatic nitrogens is 1. The van der Waals surface area contributed by atoms with Crippen LogP contribution in [0, 0.1) is 13.8 Å². The number of amides is 2. The first-order chi connectivity index (χ1) is 14.0. The van der Waals surface area contributed by atoms with Gasteiger partial charge in [0.2, 0.25) is 0 Å². The predicted molar refractivity (Wildman–Crippen MR) is 135 cm³/mol. The summed E-state index contributed by atoms with van der Waals surface area (Å²) in [6.07, 6.45) is 2.17. The second kappa shape index (κ2) is 12.1. The van der Waals surface area contributed by atoms with Gasteiger partial charge in [-0.1, -0.05) is 12.1 Å². The highest BCUT2D eigenvalue weighted by Crippen LogP contribution is 2.16. The number of nitrogens with one attached hydrogen (secondary N) is 3. The van der Waals surface area contributed by atoms with Crippen molar-refractivity contribution in [1.29, 1.82) is 0 Å². The van der Waals surface area contributed by atoms with Gasteiger partial charge in [-0.2, -0.15) is 0 Å². The van der Waals surface area contributed by atoms with E-state index in [9.17, 15) is 4.79 Å². The van der Waals surface area contributed by atoms with Gasteiger partial charge in [0.1, 0.15) is 5.01 Å². The molecular formula is C21H31IN6OS. The van der Waals surface area contributed by atoms with Crippen molar-refractivity contribution >= 4 is 53.0 Å². The van der Waals surface area contributed by atoms with Crippen LogP contribution in [0.15, 0.2) is 29.3 Å². The van der Waals surface area contributed by atoms with E-state index in [1.54, 1.807) is 11.3 Å². The van der Waals surface area contributed by atoms with Crippen LogP contribution in [0.1, 0.15) is 40.9 Å². The SMILES string of the molecule is CCNC(=NCc1cccc(NC(=O)N2CCCC2)c1)NCc1nc(C)c(C)s1.I. The minimum atomic E-state index is -0.0211. The number of likely N-dealkylation sites (tertiary alicyclic amines) is 1. The molecular weight excluding hydrogens is 511 g/mol. The molecule has 7 nitrogen and oxygen atoms in total. The topological polar surface area (TPSA) is 81.7 Å². The van der Waals surface area contributed by atoms with Gasteiger partial charge in [-0.05, 0) is 51.3 Å². The van der Waals surface area contributed by atoms with E-state index in [-0.39, 0.29) is 30.0 Å². The molecule has 3 N–H and O–H groups in total. The normalized spacial score (nSPS) is 13.7. The minimum absolute atomic E-state index is 0. The van der Waals surface area contributed by atoms with Crippen LogP contribution in [0.5, 0.6) is 0 Å². The number of hydrogen-bond donors (Lipinski definition) is 3. The molecule has 0 atom stereocenters. The van der Waals surface area contributed by atoms with Gasteiger partial charge in [0.15, 0.2) is 5.96 Å². The largest absolute Gasteiger partial charge is 0.357 e. The zero-order chi connectivity index (χ0) is 20.6. The second-order valence-corrected chi connectivity index (χ2v) is 8.41. The minimum Gasteiger partial charge on any atom is -0.357 e. The molecule has 0 bridgehead atoms. The van der Waals surface area contributed by atoms with Crippen molar-refractivity contribution < 1.29 is 4.79 Å². The van der Waals surface area contributed by atoms with Gasteiger partial charge in [-0.3, -0.25) is 0 Å². The Morgan fingerprint density at radius 2 is 2.00 bits per heavy atom. The number of rotatable bonds is 6. The van der Waals surface area contributed by atoms with E-state index in [4.69, 9.17) is 0 Å². The van der Waals surface area contributed by atoms with Crippen molar-refractivity contribution in [2.24, 2.45) is 4.99 Å². The number of halogens is 1. The number of aliphatic imine (C=N–C) groups is 1. The smallest absolute Gasteiger partial charge is 0.321 e. The number of carbonyl (C=O) groups is 1. The van der Waals surface area contributed by atoms with Gasteiger partial charge < -0.3 is 20.9 Å². The Kier molecular flexibility index (Phi) is 9.83. The van der Waals surface area contributed by atoms with Gasteiger partial charge >= 0.3 is 6.03 Å². The van der Waals surface area contributed by atoms with Crippen molar-refractivity contribution in [3.8, 4) is 0 Å². The summed E-state index contributed by atoms with van der Waals surface area (Å²) in [5, 5.41) is 10.7. The Hall–Kier alpha value is -1.88. The average molecular weight is 542 g/mol. The van der Waals surface area contributed by atoms with E-state index < -0.39 is 0 Å². The van der Waals surface area contributed by atoms with Crippen molar-refractivity contribution in [2.75, 3.05) is 25.0 Å². The lowest BCUT2D eigenvalue weighted by Crippen LogP contribution is -2.36. The molecule has 1 aliphatic rings. The number of guanidine groups is 1. The first kappa shape index (κ1) is 24.4.